The molecular formula is C8H16O5. The first-order valence-corrected chi connectivity index (χ1v) is 4.38. The van der Waals surface area contributed by atoms with Gasteiger partial charge < -0.3 is 25.2 Å². The average Bonchev–Trinajstić information content (AvgIpc) is 2.11. The highest BCUT2D eigenvalue weighted by molar-refractivity contribution is 4.90. The first-order valence-electron chi connectivity index (χ1n) is 4.38. The Morgan fingerprint density at radius 3 is 2.23 bits per heavy atom. The SMILES string of the molecule is CC1OC(CCO)[C@@H](O)[C@H](O)[C@H]1O. The van der Waals surface area contributed by atoms with Crippen LogP contribution in [0.15, 0.2) is 0 Å². The van der Waals surface area contributed by atoms with Crippen molar-refractivity contribution in [2.75, 3.05) is 6.61 Å². The zero-order valence-corrected chi connectivity index (χ0v) is 7.50. The number of hydrogen-bond acceptors (Lipinski definition) is 5. The van der Waals surface area contributed by atoms with Crippen LogP contribution in [0, 0.1) is 0 Å². The molecule has 0 spiro atoms. The van der Waals surface area contributed by atoms with Crippen LogP contribution in [0.4, 0.5) is 0 Å². The number of hydrogen-bond donors (Lipinski definition) is 4. The molecule has 0 radical (unpaired) electrons. The lowest BCUT2D eigenvalue weighted by Gasteiger charge is -2.39. The molecule has 0 aromatic carbocycles. The number of ether oxygens (including phenoxy) is 1. The van der Waals surface area contributed by atoms with Gasteiger partial charge in [-0.15, -0.1) is 0 Å². The molecule has 1 saturated heterocycles. The van der Waals surface area contributed by atoms with Gasteiger partial charge in [0.05, 0.1) is 12.2 Å². The van der Waals surface area contributed by atoms with Crippen molar-refractivity contribution in [1.29, 1.82) is 0 Å². The van der Waals surface area contributed by atoms with Crippen LogP contribution < -0.4 is 0 Å². The molecule has 1 aliphatic rings. The van der Waals surface area contributed by atoms with Crippen LogP contribution in [0.1, 0.15) is 13.3 Å². The smallest absolute Gasteiger partial charge is 0.111 e. The van der Waals surface area contributed by atoms with Gasteiger partial charge in [0.15, 0.2) is 0 Å². The average molecular weight is 192 g/mol. The number of aliphatic hydroxyl groups excluding tert-OH is 4. The van der Waals surface area contributed by atoms with E-state index in [4.69, 9.17) is 9.84 Å². The van der Waals surface area contributed by atoms with Gasteiger partial charge in [-0.25, -0.2) is 0 Å². The minimum Gasteiger partial charge on any atom is -0.396 e. The molecule has 0 amide bonds. The molecule has 1 aliphatic heterocycles. The minimum atomic E-state index is -1.19. The summed E-state index contributed by atoms with van der Waals surface area (Å²) >= 11 is 0. The molecule has 13 heavy (non-hydrogen) atoms. The fraction of sp³-hybridized carbons (Fsp3) is 1.00. The molecule has 2 unspecified atom stereocenters. The van der Waals surface area contributed by atoms with Crippen molar-refractivity contribution in [1.82, 2.24) is 0 Å². The first kappa shape index (κ1) is 10.9. The molecule has 0 aliphatic carbocycles. The Morgan fingerprint density at radius 1 is 1.08 bits per heavy atom. The molecule has 5 nitrogen and oxygen atoms in total. The van der Waals surface area contributed by atoms with E-state index in [0.29, 0.717) is 0 Å². The summed E-state index contributed by atoms with van der Waals surface area (Å²) in [5.74, 6) is 0. The van der Waals surface area contributed by atoms with Crippen molar-refractivity contribution >= 4 is 0 Å². The summed E-state index contributed by atoms with van der Waals surface area (Å²) in [4.78, 5) is 0. The van der Waals surface area contributed by atoms with E-state index >= 15 is 0 Å². The van der Waals surface area contributed by atoms with Crippen molar-refractivity contribution < 1.29 is 25.2 Å². The molecule has 0 aromatic rings. The highest BCUT2D eigenvalue weighted by atomic mass is 16.5. The van der Waals surface area contributed by atoms with E-state index < -0.39 is 30.5 Å². The van der Waals surface area contributed by atoms with Gasteiger partial charge in [0.2, 0.25) is 0 Å². The van der Waals surface area contributed by atoms with Crippen LogP contribution in [0.25, 0.3) is 0 Å². The number of aliphatic hydroxyl groups is 4. The van der Waals surface area contributed by atoms with E-state index in [0.717, 1.165) is 0 Å². The summed E-state index contributed by atoms with van der Waals surface area (Å²) in [7, 11) is 0. The molecule has 4 N–H and O–H groups in total. The Hall–Kier alpha value is -0.200. The molecule has 0 aromatic heterocycles. The Labute approximate surface area is 76.6 Å². The normalized spacial score (nSPS) is 46.4. The lowest BCUT2D eigenvalue weighted by molar-refractivity contribution is -0.219. The minimum absolute atomic E-state index is 0.114. The number of rotatable bonds is 2. The quantitative estimate of drug-likeness (QED) is 0.416. The third-order valence-electron chi connectivity index (χ3n) is 2.36. The molecule has 78 valence electrons. The van der Waals surface area contributed by atoms with Crippen LogP contribution in [0.3, 0.4) is 0 Å². The van der Waals surface area contributed by atoms with Gasteiger partial charge in [0, 0.05) is 6.61 Å². The van der Waals surface area contributed by atoms with Crippen LogP contribution in [0.2, 0.25) is 0 Å². The zero-order chi connectivity index (χ0) is 10.0. The first-order chi connectivity index (χ1) is 6.07. The molecule has 5 atom stereocenters. The molecule has 1 fully saturated rings. The summed E-state index contributed by atoms with van der Waals surface area (Å²) in [5, 5.41) is 36.7. The highest BCUT2D eigenvalue weighted by Crippen LogP contribution is 2.22. The van der Waals surface area contributed by atoms with Crippen molar-refractivity contribution in [2.45, 2.75) is 43.9 Å². The maximum atomic E-state index is 9.41. The Morgan fingerprint density at radius 2 is 1.69 bits per heavy atom. The fourth-order valence-corrected chi connectivity index (χ4v) is 1.50. The Balaban J connectivity index is 2.59. The highest BCUT2D eigenvalue weighted by Gasteiger charge is 2.41. The third-order valence-corrected chi connectivity index (χ3v) is 2.36. The van der Waals surface area contributed by atoms with E-state index in [1.54, 1.807) is 6.92 Å². The topological polar surface area (TPSA) is 90.2 Å². The maximum Gasteiger partial charge on any atom is 0.111 e. The standard InChI is InChI=1S/C8H16O5/c1-4-6(10)8(12)7(11)5(13-4)2-3-9/h4-12H,2-3H2,1H3/t4?,5?,6-,7+,8+/m0/s1. The van der Waals surface area contributed by atoms with Gasteiger partial charge in [-0.05, 0) is 13.3 Å². The zero-order valence-electron chi connectivity index (χ0n) is 7.50. The molecule has 1 rings (SSSR count). The van der Waals surface area contributed by atoms with E-state index in [9.17, 15) is 15.3 Å². The molecular weight excluding hydrogens is 176 g/mol. The summed E-state index contributed by atoms with van der Waals surface area (Å²) in [6.07, 6.45) is -4.24. The van der Waals surface area contributed by atoms with Gasteiger partial charge in [-0.2, -0.15) is 0 Å². The summed E-state index contributed by atoms with van der Waals surface area (Å²) in [5.41, 5.74) is 0. The van der Waals surface area contributed by atoms with E-state index in [-0.39, 0.29) is 13.0 Å². The Kier molecular flexibility index (Phi) is 3.63. The van der Waals surface area contributed by atoms with E-state index in [1.165, 1.54) is 0 Å². The predicted molar refractivity (Wildman–Crippen MR) is 44.1 cm³/mol. The fourth-order valence-electron chi connectivity index (χ4n) is 1.50. The lowest BCUT2D eigenvalue weighted by Crippen LogP contribution is -2.56. The second-order valence-corrected chi connectivity index (χ2v) is 3.36. The van der Waals surface area contributed by atoms with Crippen molar-refractivity contribution in [3.8, 4) is 0 Å². The summed E-state index contributed by atoms with van der Waals surface area (Å²) in [6, 6.07) is 0. The summed E-state index contributed by atoms with van der Waals surface area (Å²) in [6.45, 7) is 1.50. The van der Waals surface area contributed by atoms with Crippen molar-refractivity contribution in [3.63, 3.8) is 0 Å². The second-order valence-electron chi connectivity index (χ2n) is 3.36. The second kappa shape index (κ2) is 4.34. The van der Waals surface area contributed by atoms with Gasteiger partial charge in [-0.3, -0.25) is 0 Å². The van der Waals surface area contributed by atoms with Crippen LogP contribution in [-0.4, -0.2) is 57.6 Å². The maximum absolute atomic E-state index is 9.41. The van der Waals surface area contributed by atoms with Gasteiger partial charge in [0.1, 0.15) is 18.3 Å². The monoisotopic (exact) mass is 192 g/mol. The van der Waals surface area contributed by atoms with Crippen LogP contribution in [0.5, 0.6) is 0 Å². The predicted octanol–water partition coefficient (Wildman–Crippen LogP) is -1.76. The molecule has 0 saturated carbocycles. The Bertz CT molecular complexity index is 163. The van der Waals surface area contributed by atoms with Crippen LogP contribution in [-0.2, 0) is 4.74 Å². The van der Waals surface area contributed by atoms with Gasteiger partial charge in [0.25, 0.3) is 0 Å². The van der Waals surface area contributed by atoms with Gasteiger partial charge >= 0.3 is 0 Å². The van der Waals surface area contributed by atoms with E-state index in [2.05, 4.69) is 0 Å². The largest absolute Gasteiger partial charge is 0.396 e. The lowest BCUT2D eigenvalue weighted by atomic mass is 9.94. The van der Waals surface area contributed by atoms with Crippen molar-refractivity contribution in [3.05, 3.63) is 0 Å². The summed E-state index contributed by atoms with van der Waals surface area (Å²) < 4.78 is 5.20. The van der Waals surface area contributed by atoms with Gasteiger partial charge in [-0.1, -0.05) is 0 Å². The molecule has 0 bridgehead atoms. The molecule has 5 heteroatoms. The van der Waals surface area contributed by atoms with Crippen molar-refractivity contribution in [2.24, 2.45) is 0 Å². The van der Waals surface area contributed by atoms with E-state index in [1.807, 2.05) is 0 Å². The van der Waals surface area contributed by atoms with Crippen LogP contribution >= 0.6 is 0 Å². The third kappa shape index (κ3) is 2.18. The molecule has 1 heterocycles.